The third kappa shape index (κ3) is 8.33. The van der Waals surface area contributed by atoms with Gasteiger partial charge in [0.1, 0.15) is 18.1 Å². The van der Waals surface area contributed by atoms with Gasteiger partial charge in [0.15, 0.2) is 0 Å². The highest BCUT2D eigenvalue weighted by Crippen LogP contribution is 2.22. The maximum atomic E-state index is 11.6. The van der Waals surface area contributed by atoms with Crippen LogP contribution in [0.3, 0.4) is 0 Å². The summed E-state index contributed by atoms with van der Waals surface area (Å²) in [6.45, 7) is 2.94. The lowest BCUT2D eigenvalue weighted by molar-refractivity contribution is 0.149. The van der Waals surface area contributed by atoms with Crippen LogP contribution in [-0.2, 0) is 11.2 Å². The van der Waals surface area contributed by atoms with Crippen molar-refractivity contribution in [1.29, 1.82) is 0 Å². The normalized spacial score (nSPS) is 9.62. The molecular weight excluding hydrogens is 306 g/mol. The van der Waals surface area contributed by atoms with E-state index in [-0.39, 0.29) is 0 Å². The molecule has 0 heterocycles. The number of nitrogens with one attached hydrogen (secondary N) is 1. The van der Waals surface area contributed by atoms with Crippen molar-refractivity contribution >= 4 is 6.09 Å². The molecule has 0 spiro atoms. The second-order valence-electron chi connectivity index (χ2n) is 5.24. The Balaban J connectivity index is 2.24. The number of benzene rings is 1. The molecule has 1 amide bonds. The fourth-order valence-corrected chi connectivity index (χ4v) is 2.01. The molecule has 5 heteroatoms. The van der Waals surface area contributed by atoms with Gasteiger partial charge in [0, 0.05) is 25.5 Å². The summed E-state index contributed by atoms with van der Waals surface area (Å²) in [6.07, 6.45) is 3.99. The number of hydrogen-bond donors (Lipinski definition) is 1. The highest BCUT2D eigenvalue weighted by molar-refractivity contribution is 5.67. The molecule has 1 N–H and O–H groups in total. The molecule has 0 bridgehead atoms. The number of rotatable bonds is 9. The maximum Gasteiger partial charge on any atom is 0.407 e. The number of unbranched alkanes of at least 4 members (excludes halogenated alkanes) is 2. The van der Waals surface area contributed by atoms with E-state index in [1.54, 1.807) is 14.2 Å². The van der Waals surface area contributed by atoms with Crippen LogP contribution in [0.4, 0.5) is 4.79 Å². The van der Waals surface area contributed by atoms with Crippen LogP contribution in [0.25, 0.3) is 0 Å². The van der Waals surface area contributed by atoms with Crippen LogP contribution in [0, 0.1) is 11.8 Å². The van der Waals surface area contributed by atoms with Gasteiger partial charge in [0.2, 0.25) is 0 Å². The fraction of sp³-hybridized carbons (Fsp3) is 0.526. The molecule has 5 nitrogen and oxygen atoms in total. The van der Waals surface area contributed by atoms with E-state index in [4.69, 9.17) is 14.2 Å². The van der Waals surface area contributed by atoms with Gasteiger partial charge in [-0.25, -0.2) is 4.79 Å². The molecule has 0 radical (unpaired) electrons. The summed E-state index contributed by atoms with van der Waals surface area (Å²) >= 11 is 0. The molecule has 132 valence electrons. The maximum absolute atomic E-state index is 11.6. The van der Waals surface area contributed by atoms with Crippen molar-refractivity contribution in [2.75, 3.05) is 27.4 Å². The van der Waals surface area contributed by atoms with Gasteiger partial charge in [0.25, 0.3) is 0 Å². The third-order valence-corrected chi connectivity index (χ3v) is 3.33. The lowest BCUT2D eigenvalue weighted by atomic mass is 10.1. The molecule has 1 aromatic rings. The number of carbonyl (C=O) groups excluding carboxylic acids is 1. The quantitative estimate of drug-likeness (QED) is 0.554. The van der Waals surface area contributed by atoms with Gasteiger partial charge in [-0.15, -0.1) is 5.92 Å². The zero-order valence-corrected chi connectivity index (χ0v) is 14.8. The molecule has 0 saturated heterocycles. The monoisotopic (exact) mass is 333 g/mol. The fourth-order valence-electron chi connectivity index (χ4n) is 2.01. The van der Waals surface area contributed by atoms with E-state index in [9.17, 15) is 4.79 Å². The summed E-state index contributed by atoms with van der Waals surface area (Å²) < 4.78 is 15.5. The number of alkyl carbamates (subject to hydrolysis) is 1. The van der Waals surface area contributed by atoms with Crippen molar-refractivity contribution in [2.24, 2.45) is 0 Å². The highest BCUT2D eigenvalue weighted by Gasteiger charge is 2.04. The molecule has 0 aliphatic heterocycles. The van der Waals surface area contributed by atoms with Crippen molar-refractivity contribution < 1.29 is 19.0 Å². The molecule has 0 aliphatic rings. The van der Waals surface area contributed by atoms with Gasteiger partial charge in [0.05, 0.1) is 14.2 Å². The minimum Gasteiger partial charge on any atom is -0.497 e. The summed E-state index contributed by atoms with van der Waals surface area (Å²) in [5.74, 6) is 7.52. The first-order chi connectivity index (χ1) is 11.7. The zero-order chi connectivity index (χ0) is 17.6. The molecule has 0 saturated carbocycles. The molecule has 24 heavy (non-hydrogen) atoms. The summed E-state index contributed by atoms with van der Waals surface area (Å²) in [6, 6.07) is 5.65. The van der Waals surface area contributed by atoms with Crippen molar-refractivity contribution in [3.05, 3.63) is 23.8 Å². The molecule has 0 atom stereocenters. The summed E-state index contributed by atoms with van der Waals surface area (Å²) in [5.41, 5.74) is 1.02. The first kappa shape index (κ1) is 19.7. The standard InChI is InChI=1S/C19H27NO4/c1-4-5-6-7-8-9-12-24-19(21)20-11-10-16-13-17(22-2)15-18(14-16)23-3/h13-15H,4-6,9-12H2,1-3H3,(H,20,21). The van der Waals surface area contributed by atoms with E-state index in [1.165, 1.54) is 0 Å². The van der Waals surface area contributed by atoms with Crippen molar-refractivity contribution in [1.82, 2.24) is 5.32 Å². The van der Waals surface area contributed by atoms with Crippen LogP contribution >= 0.6 is 0 Å². The van der Waals surface area contributed by atoms with E-state index in [1.807, 2.05) is 18.2 Å². The van der Waals surface area contributed by atoms with Gasteiger partial charge in [-0.1, -0.05) is 19.3 Å². The molecular formula is C19H27NO4. The molecule has 0 fully saturated rings. The molecule has 1 aromatic carbocycles. The summed E-state index contributed by atoms with van der Waals surface area (Å²) in [7, 11) is 3.22. The number of hydrogen-bond acceptors (Lipinski definition) is 4. The van der Waals surface area contributed by atoms with Gasteiger partial charge < -0.3 is 19.5 Å². The van der Waals surface area contributed by atoms with Crippen molar-refractivity contribution in [2.45, 2.75) is 39.0 Å². The second-order valence-corrected chi connectivity index (χ2v) is 5.24. The Morgan fingerprint density at radius 1 is 1.08 bits per heavy atom. The van der Waals surface area contributed by atoms with Crippen LogP contribution in [0.5, 0.6) is 11.5 Å². The summed E-state index contributed by atoms with van der Waals surface area (Å²) in [4.78, 5) is 11.6. The van der Waals surface area contributed by atoms with Crippen LogP contribution < -0.4 is 14.8 Å². The highest BCUT2D eigenvalue weighted by atomic mass is 16.5. The van der Waals surface area contributed by atoms with E-state index in [0.717, 1.165) is 36.3 Å². The van der Waals surface area contributed by atoms with E-state index < -0.39 is 6.09 Å². The molecule has 0 unspecified atom stereocenters. The Hall–Kier alpha value is -2.35. The molecule has 1 rings (SSSR count). The van der Waals surface area contributed by atoms with Gasteiger partial charge in [-0.3, -0.25) is 0 Å². The van der Waals surface area contributed by atoms with E-state index in [2.05, 4.69) is 24.1 Å². The Labute approximate surface area is 144 Å². The average molecular weight is 333 g/mol. The number of ether oxygens (including phenoxy) is 3. The first-order valence-corrected chi connectivity index (χ1v) is 8.28. The Bertz CT molecular complexity index is 538. The van der Waals surface area contributed by atoms with Crippen LogP contribution in [0.15, 0.2) is 18.2 Å². The minimum absolute atomic E-state index is 0.317. The van der Waals surface area contributed by atoms with Crippen molar-refractivity contribution in [3.63, 3.8) is 0 Å². The number of carbonyl (C=O) groups is 1. The lowest BCUT2D eigenvalue weighted by Gasteiger charge is -2.09. The zero-order valence-electron chi connectivity index (χ0n) is 14.8. The predicted molar refractivity (Wildman–Crippen MR) is 94.5 cm³/mol. The predicted octanol–water partition coefficient (Wildman–Crippen LogP) is 3.56. The third-order valence-electron chi connectivity index (χ3n) is 3.33. The van der Waals surface area contributed by atoms with E-state index in [0.29, 0.717) is 26.0 Å². The topological polar surface area (TPSA) is 56.8 Å². The summed E-state index contributed by atoms with van der Waals surface area (Å²) in [5, 5.41) is 2.73. The van der Waals surface area contributed by atoms with Crippen LogP contribution in [0.1, 0.15) is 38.2 Å². The molecule has 0 aliphatic carbocycles. The van der Waals surface area contributed by atoms with Gasteiger partial charge in [-0.2, -0.15) is 0 Å². The smallest absolute Gasteiger partial charge is 0.407 e. The second kappa shape index (κ2) is 12.1. The van der Waals surface area contributed by atoms with E-state index >= 15 is 0 Å². The van der Waals surface area contributed by atoms with Gasteiger partial charge in [-0.05, 0) is 30.5 Å². The van der Waals surface area contributed by atoms with Crippen LogP contribution in [0.2, 0.25) is 0 Å². The SMILES string of the molecule is CCCCC#CCCOC(=O)NCCc1cc(OC)cc(OC)c1. The minimum atomic E-state index is -0.416. The largest absolute Gasteiger partial charge is 0.497 e. The molecule has 0 aromatic heterocycles. The average Bonchev–Trinajstić information content (AvgIpc) is 2.60. The Morgan fingerprint density at radius 3 is 2.38 bits per heavy atom. The van der Waals surface area contributed by atoms with Crippen molar-refractivity contribution in [3.8, 4) is 23.3 Å². The van der Waals surface area contributed by atoms with Crippen LogP contribution in [-0.4, -0.2) is 33.5 Å². The Morgan fingerprint density at radius 2 is 1.75 bits per heavy atom. The lowest BCUT2D eigenvalue weighted by Crippen LogP contribution is -2.26. The Kier molecular flexibility index (Phi) is 9.95. The first-order valence-electron chi connectivity index (χ1n) is 8.28. The van der Waals surface area contributed by atoms with Gasteiger partial charge >= 0.3 is 6.09 Å². The number of amides is 1. The number of methoxy groups -OCH3 is 2.